The fourth-order valence-electron chi connectivity index (χ4n) is 13.2. The molecule has 4 aliphatic rings. The summed E-state index contributed by atoms with van der Waals surface area (Å²) in [4.78, 5) is 154. The Labute approximate surface area is 772 Å². The number of rotatable bonds is 41. The summed E-state index contributed by atoms with van der Waals surface area (Å²) in [5.74, 6) is -17.8. The quantitative estimate of drug-likeness (QED) is 0.0306. The molecular formula is C88H162N12O31. The highest BCUT2D eigenvalue weighted by atomic mass is 16.9. The molecule has 4 fully saturated rings. The summed E-state index contributed by atoms with van der Waals surface area (Å²) in [6.45, 7) is 49.0. The lowest BCUT2D eigenvalue weighted by molar-refractivity contribution is -0.456. The van der Waals surface area contributed by atoms with E-state index >= 15 is 0 Å². The van der Waals surface area contributed by atoms with Gasteiger partial charge in [0.25, 0.3) is 23.9 Å². The number of aliphatic hydroxyl groups is 5. The van der Waals surface area contributed by atoms with E-state index in [1.807, 2.05) is 125 Å². The third-order valence-corrected chi connectivity index (χ3v) is 22.1. The van der Waals surface area contributed by atoms with Crippen molar-refractivity contribution in [3.05, 3.63) is 38.0 Å². The maximum absolute atomic E-state index is 13.6. The third-order valence-electron chi connectivity index (χ3n) is 22.1. The van der Waals surface area contributed by atoms with Crippen molar-refractivity contribution in [2.45, 2.75) is 235 Å². The standard InChI is InChI=1S/C43H78N6O12.C17H33N3O4.C17H26N2O8.C5H12O4.C3H5NO.C2H4O2.CH4/c1-37(2,3)27(31(44)50)15-25(16-28(32(45)51)38(4,5)6)35(54)48-23-60-41(13)19-59-43(20-56-41)21-57-42(14,58-22-43)61-24-49-36(55)26(17-29(33(46)52)39(7,8)9)18-30(34(47)53)40(10,11)12;1-16(2,3)11(13(18)22)7-10(15(24)20-9-21)8-12(14(19)23)17(4,5)6;1-5-13(20)18-11-26-15(3)22-7-17(8-23-15)9-24-16(4,25-10-17)27-12-19-14(21)6-2;6-1-5(2-7,3-8)4-9;1-2-3(4)5;1-2(3)4;/h25-30H,15-24H2,1-14H3,(H2,44,50)(H2,45,51)(H2,46,52)(H2,47,53)(H,48,54)(H,49,55);10-12,21H,7-9H2,1-6H3,(H2,18,22)(H2,19,23)(H,20,24);5-6H,1-2,7-12H2,3-4H3,(H,18,20)(H,19,21);6-9H,1-4H2;2H,1H2,(H2,4,5);1H3,(H,3,4);1H4. The Hall–Kier alpha value is -8.35. The smallest absolute Gasteiger partial charge is 0.300 e. The van der Waals surface area contributed by atoms with Gasteiger partial charge in [-0.1, -0.05) is 152 Å². The Morgan fingerprint density at radius 2 is 0.565 bits per heavy atom. The minimum absolute atomic E-state index is 0. The Morgan fingerprint density at radius 3 is 0.748 bits per heavy atom. The molecule has 0 saturated carbocycles. The van der Waals surface area contributed by atoms with E-state index in [0.717, 1.165) is 25.2 Å². The van der Waals surface area contributed by atoms with Crippen molar-refractivity contribution < 1.29 is 150 Å². The van der Waals surface area contributed by atoms with Crippen LogP contribution >= 0.6 is 0 Å². The van der Waals surface area contributed by atoms with E-state index in [-0.39, 0.29) is 138 Å². The first kappa shape index (κ1) is 127. The van der Waals surface area contributed by atoms with Crippen molar-refractivity contribution in [2.75, 3.05) is 113 Å². The van der Waals surface area contributed by atoms with Crippen LogP contribution in [0.25, 0.3) is 0 Å². The molecule has 760 valence electrons. The molecule has 4 rings (SSSR count). The highest BCUT2D eigenvalue weighted by Crippen LogP contribution is 2.43. The van der Waals surface area contributed by atoms with Gasteiger partial charge >= 0.3 is 0 Å². The lowest BCUT2D eigenvalue weighted by Crippen LogP contribution is -2.63. The first-order valence-electron chi connectivity index (χ1n) is 42.5. The first-order valence-corrected chi connectivity index (χ1v) is 42.5. The molecule has 0 aromatic rings. The maximum Gasteiger partial charge on any atom is 0.300 e. The van der Waals surface area contributed by atoms with Crippen LogP contribution in [0.4, 0.5) is 0 Å². The van der Waals surface area contributed by atoms with Gasteiger partial charge in [0, 0.05) is 81.0 Å². The van der Waals surface area contributed by atoms with E-state index < -0.39 is 224 Å². The second-order valence-electron chi connectivity index (χ2n) is 39.8. The average Bonchev–Trinajstić information content (AvgIpc) is 0.790. The van der Waals surface area contributed by atoms with Crippen LogP contribution < -0.4 is 66.7 Å². The number of amides is 12. The van der Waals surface area contributed by atoms with Gasteiger partial charge in [0.05, 0.1) is 83.5 Å². The van der Waals surface area contributed by atoms with Crippen molar-refractivity contribution in [3.63, 3.8) is 0 Å². The van der Waals surface area contributed by atoms with Crippen LogP contribution in [0, 0.1) is 96.6 Å². The molecule has 0 aromatic carbocycles. The number of aliphatic carboxylic acids is 1. The van der Waals surface area contributed by atoms with E-state index in [1.54, 1.807) is 27.7 Å². The van der Waals surface area contributed by atoms with E-state index in [9.17, 15) is 57.5 Å². The zero-order chi connectivity index (χ0) is 102. The van der Waals surface area contributed by atoms with E-state index in [4.69, 9.17) is 127 Å². The van der Waals surface area contributed by atoms with E-state index in [0.29, 0.717) is 0 Å². The number of aliphatic hydroxyl groups excluding tert-OH is 5. The van der Waals surface area contributed by atoms with Gasteiger partial charge in [0.1, 0.15) is 45.9 Å². The van der Waals surface area contributed by atoms with E-state index in [1.165, 1.54) is 0 Å². The Kier molecular flexibility index (Phi) is 53.7. The average molecular weight is 1880 g/mol. The maximum atomic E-state index is 13.6. The molecule has 7 unspecified atom stereocenters. The molecule has 25 N–H and O–H groups in total. The summed E-state index contributed by atoms with van der Waals surface area (Å²) in [5.41, 5.74) is 32.9. The van der Waals surface area contributed by atoms with Crippen LogP contribution in [0.2, 0.25) is 0 Å². The molecular weight excluding hydrogens is 1720 g/mol. The summed E-state index contributed by atoms with van der Waals surface area (Å²) in [5, 5.41) is 63.2. The Bertz CT molecular complexity index is 3340. The van der Waals surface area contributed by atoms with Crippen LogP contribution in [0.15, 0.2) is 38.0 Å². The van der Waals surface area contributed by atoms with Gasteiger partial charge in [-0.15, -0.1) is 0 Å². The second-order valence-corrected chi connectivity index (χ2v) is 39.8. The zero-order valence-electron chi connectivity index (χ0n) is 80.7. The van der Waals surface area contributed by atoms with Gasteiger partial charge in [-0.2, -0.15) is 0 Å². The van der Waals surface area contributed by atoms with Crippen molar-refractivity contribution in [3.8, 4) is 0 Å². The molecule has 43 nitrogen and oxygen atoms in total. The number of carbonyl (C=O) groups excluding carboxylic acids is 12. The number of carboxylic acids is 1. The van der Waals surface area contributed by atoms with Crippen molar-refractivity contribution in [2.24, 2.45) is 137 Å². The predicted molar refractivity (Wildman–Crippen MR) is 480 cm³/mol. The SMILES string of the molecule is C.C=CC(=O)NCOC1(C)OCC2(CO1)COC(C)(OCNC(=O)C=C)OC2.C=CC(N)=O.CC(=O)O.CC(C)(C)C(CC(CC(C(N)=O)C(C)(C)C)C(=O)NCO)C(N)=O.CC1(OCNC(=O)C(CC(C(N)=O)C(C)(C)C)CC(C(N)=O)C(C)(C)C)COC2(CO1)COC(C)(OCNC(=O)C(CC(C(N)=O)C(C)(C)C)CC(C(N)=O)C(C)(C)C)OC2.OCC(CO)(CO)CO. The molecule has 0 radical (unpaired) electrons. The summed E-state index contributed by atoms with van der Waals surface area (Å²) in [6.07, 6.45) is 4.17. The topological polar surface area (TPSA) is 696 Å². The van der Waals surface area contributed by atoms with Gasteiger partial charge in [-0.25, -0.2) is 0 Å². The number of nitrogens with one attached hydrogen (secondary N) is 5. The van der Waals surface area contributed by atoms with Gasteiger partial charge in [0.15, 0.2) is 5.79 Å². The minimum Gasteiger partial charge on any atom is -0.481 e. The van der Waals surface area contributed by atoms with Gasteiger partial charge < -0.3 is 154 Å². The van der Waals surface area contributed by atoms with Crippen LogP contribution in [-0.2, 0) is 119 Å². The van der Waals surface area contributed by atoms with Crippen LogP contribution in [0.3, 0.4) is 0 Å². The molecule has 2 spiro atoms. The molecule has 4 aliphatic heterocycles. The molecule has 4 saturated heterocycles. The number of primary amides is 7. The molecule has 0 aromatic heterocycles. The molecule has 131 heavy (non-hydrogen) atoms. The molecule has 0 bridgehead atoms. The fraction of sp³-hybridized carbons (Fsp3) is 0.784. The fourth-order valence-corrected chi connectivity index (χ4v) is 13.2. The van der Waals surface area contributed by atoms with Crippen molar-refractivity contribution in [1.82, 2.24) is 26.6 Å². The molecule has 0 aliphatic carbocycles. The Balaban J connectivity index is -0.00000191. The summed E-state index contributed by atoms with van der Waals surface area (Å²) in [7, 11) is 0. The summed E-state index contributed by atoms with van der Waals surface area (Å²) in [6, 6.07) is 0. The number of hydrogen-bond donors (Lipinski definition) is 18. The number of ether oxygens (including phenoxy) is 12. The lowest BCUT2D eigenvalue weighted by atomic mass is 9.70. The number of nitrogens with two attached hydrogens (primary N) is 7. The lowest BCUT2D eigenvalue weighted by Gasteiger charge is -2.48. The number of carboxylic acid groups (broad SMARTS) is 1. The normalized spacial score (nSPS) is 23.0. The number of carbonyl (C=O) groups is 13. The first-order chi connectivity index (χ1) is 59.2. The monoisotopic (exact) mass is 1880 g/mol. The highest BCUT2D eigenvalue weighted by molar-refractivity contribution is 5.88. The predicted octanol–water partition coefficient (Wildman–Crippen LogP) is 1.81. The zero-order valence-corrected chi connectivity index (χ0v) is 80.7. The number of hydrogen-bond acceptors (Lipinski definition) is 30. The van der Waals surface area contributed by atoms with Gasteiger partial charge in [0.2, 0.25) is 70.9 Å². The minimum atomic E-state index is -1.57. The van der Waals surface area contributed by atoms with Crippen molar-refractivity contribution >= 4 is 76.9 Å². The van der Waals surface area contributed by atoms with Crippen LogP contribution in [0.1, 0.15) is 205 Å². The van der Waals surface area contributed by atoms with Crippen LogP contribution in [-0.4, -0.2) is 250 Å². The molecule has 12 amide bonds. The van der Waals surface area contributed by atoms with Gasteiger partial charge in [-0.05, 0) is 96.2 Å². The molecule has 7 atom stereocenters. The highest BCUT2D eigenvalue weighted by Gasteiger charge is 2.53. The Morgan fingerprint density at radius 1 is 0.351 bits per heavy atom. The van der Waals surface area contributed by atoms with Gasteiger partial charge in [-0.3, -0.25) is 62.3 Å². The molecule has 4 heterocycles. The van der Waals surface area contributed by atoms with E-state index in [2.05, 4.69) is 52.1 Å². The summed E-state index contributed by atoms with van der Waals surface area (Å²) >= 11 is 0. The summed E-state index contributed by atoms with van der Waals surface area (Å²) < 4.78 is 69.5. The largest absolute Gasteiger partial charge is 0.481 e. The third kappa shape index (κ3) is 46.9. The van der Waals surface area contributed by atoms with Crippen LogP contribution in [0.5, 0.6) is 0 Å². The second kappa shape index (κ2) is 55.5. The van der Waals surface area contributed by atoms with Crippen molar-refractivity contribution in [1.29, 1.82) is 0 Å². The molecule has 43 heteroatoms.